The van der Waals surface area contributed by atoms with Crippen LogP contribution in [0.2, 0.25) is 0 Å². The molecular formula is C11H11FN4. The largest absolute Gasteiger partial charge is 0.366 e. The summed E-state index contributed by atoms with van der Waals surface area (Å²) in [4.78, 5) is 4.15. The number of benzene rings is 1. The maximum atomic E-state index is 13.6. The van der Waals surface area contributed by atoms with Crippen LogP contribution in [-0.2, 0) is 0 Å². The van der Waals surface area contributed by atoms with Gasteiger partial charge in [-0.05, 0) is 25.0 Å². The highest BCUT2D eigenvalue weighted by Gasteiger charge is 2.30. The second-order valence-electron chi connectivity index (χ2n) is 3.97. The van der Waals surface area contributed by atoms with E-state index in [0.717, 1.165) is 18.7 Å². The average Bonchev–Trinajstić information content (AvgIpc) is 3.03. The number of hydrogen-bond acceptors (Lipinski definition) is 3. The van der Waals surface area contributed by atoms with Crippen molar-refractivity contribution in [2.45, 2.75) is 18.8 Å². The molecule has 16 heavy (non-hydrogen) atoms. The molecule has 0 bridgehead atoms. The highest BCUT2D eigenvalue weighted by atomic mass is 19.1. The molecule has 4 nitrogen and oxygen atoms in total. The van der Waals surface area contributed by atoms with Crippen LogP contribution in [0.25, 0.3) is 5.69 Å². The van der Waals surface area contributed by atoms with Crippen molar-refractivity contribution in [1.29, 1.82) is 0 Å². The Hall–Kier alpha value is -1.91. The summed E-state index contributed by atoms with van der Waals surface area (Å²) in [6.07, 6.45) is 2.15. The fraction of sp³-hybridized carbons (Fsp3) is 0.273. The molecule has 2 N–H and O–H groups in total. The minimum absolute atomic E-state index is 0.199. The second-order valence-corrected chi connectivity index (χ2v) is 3.97. The third kappa shape index (κ3) is 1.44. The molecule has 0 spiro atoms. The molecule has 0 unspecified atom stereocenters. The third-order valence-corrected chi connectivity index (χ3v) is 2.67. The molecule has 1 fully saturated rings. The van der Waals surface area contributed by atoms with Crippen LogP contribution in [0, 0.1) is 5.82 Å². The molecule has 0 radical (unpaired) electrons. The lowest BCUT2D eigenvalue weighted by molar-refractivity contribution is 0.606. The lowest BCUT2D eigenvalue weighted by Gasteiger charge is -2.05. The van der Waals surface area contributed by atoms with Gasteiger partial charge in [0.1, 0.15) is 17.3 Å². The van der Waals surface area contributed by atoms with Gasteiger partial charge in [-0.2, -0.15) is 4.98 Å². The molecule has 0 amide bonds. The number of aromatic nitrogens is 3. The first-order chi connectivity index (χ1) is 7.75. The lowest BCUT2D eigenvalue weighted by atomic mass is 10.3. The Kier molecular flexibility index (Phi) is 1.92. The van der Waals surface area contributed by atoms with Crippen LogP contribution in [0.1, 0.15) is 24.6 Å². The minimum atomic E-state index is -0.311. The van der Waals surface area contributed by atoms with Crippen molar-refractivity contribution in [2.75, 3.05) is 5.73 Å². The van der Waals surface area contributed by atoms with Gasteiger partial charge in [-0.1, -0.05) is 12.1 Å². The SMILES string of the molecule is Nc1nc(C2CC2)n(-c2ccccc2F)n1. The van der Waals surface area contributed by atoms with Crippen molar-refractivity contribution in [1.82, 2.24) is 14.8 Å². The van der Waals surface area contributed by atoms with Crippen LogP contribution in [0.5, 0.6) is 0 Å². The van der Waals surface area contributed by atoms with Gasteiger partial charge in [0.15, 0.2) is 0 Å². The normalized spacial score (nSPS) is 15.3. The highest BCUT2D eigenvalue weighted by Crippen LogP contribution is 2.40. The Balaban J connectivity index is 2.15. The Labute approximate surface area is 91.9 Å². The van der Waals surface area contributed by atoms with Gasteiger partial charge in [0.25, 0.3) is 0 Å². The first-order valence-electron chi connectivity index (χ1n) is 5.23. The molecule has 2 aromatic rings. The van der Waals surface area contributed by atoms with Crippen molar-refractivity contribution in [3.8, 4) is 5.69 Å². The fourth-order valence-electron chi connectivity index (χ4n) is 1.75. The number of anilines is 1. The van der Waals surface area contributed by atoms with Crippen LogP contribution >= 0.6 is 0 Å². The van der Waals surface area contributed by atoms with Gasteiger partial charge in [-0.15, -0.1) is 5.10 Å². The summed E-state index contributed by atoms with van der Waals surface area (Å²) in [7, 11) is 0. The molecule has 0 atom stereocenters. The van der Waals surface area contributed by atoms with E-state index in [2.05, 4.69) is 10.1 Å². The van der Waals surface area contributed by atoms with Crippen molar-refractivity contribution in [3.63, 3.8) is 0 Å². The monoisotopic (exact) mass is 218 g/mol. The van der Waals surface area contributed by atoms with Crippen LogP contribution in [-0.4, -0.2) is 14.8 Å². The van der Waals surface area contributed by atoms with Crippen molar-refractivity contribution in [3.05, 3.63) is 35.9 Å². The van der Waals surface area contributed by atoms with Crippen LogP contribution < -0.4 is 5.73 Å². The Morgan fingerprint density at radius 2 is 2.06 bits per heavy atom. The maximum absolute atomic E-state index is 13.6. The van der Waals surface area contributed by atoms with Crippen LogP contribution in [0.3, 0.4) is 0 Å². The highest BCUT2D eigenvalue weighted by molar-refractivity contribution is 5.36. The molecular weight excluding hydrogens is 207 g/mol. The number of nitrogens with zero attached hydrogens (tertiary/aromatic N) is 3. The van der Waals surface area contributed by atoms with Crippen molar-refractivity contribution in [2.24, 2.45) is 0 Å². The van der Waals surface area contributed by atoms with Gasteiger partial charge in [0.2, 0.25) is 5.95 Å². The van der Waals surface area contributed by atoms with Gasteiger partial charge in [-0.3, -0.25) is 0 Å². The molecule has 3 rings (SSSR count). The predicted octanol–water partition coefficient (Wildman–Crippen LogP) is 1.87. The zero-order chi connectivity index (χ0) is 11.1. The molecule has 82 valence electrons. The lowest BCUT2D eigenvalue weighted by Crippen LogP contribution is -2.04. The van der Waals surface area contributed by atoms with E-state index < -0.39 is 0 Å². The van der Waals surface area contributed by atoms with E-state index in [1.807, 2.05) is 0 Å². The molecule has 0 saturated heterocycles. The Morgan fingerprint density at radius 3 is 2.75 bits per heavy atom. The predicted molar refractivity (Wildman–Crippen MR) is 57.7 cm³/mol. The van der Waals surface area contributed by atoms with Gasteiger partial charge in [0.05, 0.1) is 0 Å². The fourth-order valence-corrected chi connectivity index (χ4v) is 1.75. The Bertz CT molecular complexity index is 531. The molecule has 5 heteroatoms. The zero-order valence-corrected chi connectivity index (χ0v) is 8.60. The van der Waals surface area contributed by atoms with E-state index in [-0.39, 0.29) is 11.8 Å². The summed E-state index contributed by atoms with van der Waals surface area (Å²) in [6.45, 7) is 0. The van der Waals surface area contributed by atoms with Gasteiger partial charge >= 0.3 is 0 Å². The summed E-state index contributed by atoms with van der Waals surface area (Å²) in [5, 5.41) is 4.05. The molecule has 1 aliphatic rings. The van der Waals surface area contributed by atoms with Gasteiger partial charge in [-0.25, -0.2) is 9.07 Å². The zero-order valence-electron chi connectivity index (χ0n) is 8.60. The Morgan fingerprint density at radius 1 is 1.31 bits per heavy atom. The number of nitrogen functional groups attached to an aromatic ring is 1. The van der Waals surface area contributed by atoms with E-state index in [1.165, 1.54) is 10.7 Å². The molecule has 1 aromatic heterocycles. The standard InChI is InChI=1S/C11H11FN4/c12-8-3-1-2-4-9(8)16-10(7-5-6-7)14-11(13)15-16/h1-4,7H,5-6H2,(H2,13,15). The molecule has 1 saturated carbocycles. The summed E-state index contributed by atoms with van der Waals surface area (Å²) in [5.41, 5.74) is 5.98. The second kappa shape index (κ2) is 3.30. The topological polar surface area (TPSA) is 56.7 Å². The van der Waals surface area contributed by atoms with E-state index >= 15 is 0 Å². The number of nitrogens with two attached hydrogens (primary N) is 1. The van der Waals surface area contributed by atoms with Crippen molar-refractivity contribution < 1.29 is 4.39 Å². The summed E-state index contributed by atoms with van der Waals surface area (Å²) in [5.74, 6) is 1.03. The third-order valence-electron chi connectivity index (χ3n) is 2.67. The molecule has 0 aliphatic heterocycles. The number of hydrogen-bond donors (Lipinski definition) is 1. The minimum Gasteiger partial charge on any atom is -0.366 e. The van der Waals surface area contributed by atoms with Gasteiger partial charge in [0, 0.05) is 5.92 Å². The van der Waals surface area contributed by atoms with Gasteiger partial charge < -0.3 is 5.73 Å². The van der Waals surface area contributed by atoms with E-state index in [0.29, 0.717) is 11.6 Å². The average molecular weight is 218 g/mol. The van der Waals surface area contributed by atoms with E-state index in [1.54, 1.807) is 18.2 Å². The molecule has 1 aliphatic carbocycles. The van der Waals surface area contributed by atoms with E-state index in [4.69, 9.17) is 5.73 Å². The van der Waals surface area contributed by atoms with E-state index in [9.17, 15) is 4.39 Å². The quantitative estimate of drug-likeness (QED) is 0.837. The first-order valence-corrected chi connectivity index (χ1v) is 5.23. The van der Waals surface area contributed by atoms with Crippen LogP contribution in [0.4, 0.5) is 10.3 Å². The summed E-state index contributed by atoms with van der Waals surface area (Å²) >= 11 is 0. The summed E-state index contributed by atoms with van der Waals surface area (Å²) in [6, 6.07) is 6.50. The maximum Gasteiger partial charge on any atom is 0.240 e. The molecule has 1 heterocycles. The number of para-hydroxylation sites is 1. The van der Waals surface area contributed by atoms with Crippen LogP contribution in [0.15, 0.2) is 24.3 Å². The van der Waals surface area contributed by atoms with Crippen molar-refractivity contribution >= 4 is 5.95 Å². The first kappa shape index (κ1) is 9.33. The summed E-state index contributed by atoms with van der Waals surface area (Å²) < 4.78 is 15.1. The smallest absolute Gasteiger partial charge is 0.240 e. The molecule has 1 aromatic carbocycles. The number of halogens is 1. The number of rotatable bonds is 2.